The van der Waals surface area contributed by atoms with E-state index in [0.29, 0.717) is 0 Å². The van der Waals surface area contributed by atoms with Crippen LogP contribution in [0.15, 0.2) is 12.3 Å². The summed E-state index contributed by atoms with van der Waals surface area (Å²) >= 11 is 0. The third kappa shape index (κ3) is 2.62. The number of carbonyl (C=O) groups is 1. The molecular formula is C9H11NO4. The fraction of sp³-hybridized carbons (Fsp3) is 0.333. The molecule has 0 saturated carbocycles. The molecule has 0 aliphatic heterocycles. The van der Waals surface area contributed by atoms with Gasteiger partial charge in [0, 0.05) is 6.07 Å². The molecule has 14 heavy (non-hydrogen) atoms. The van der Waals surface area contributed by atoms with Crippen LogP contribution in [-0.4, -0.2) is 27.8 Å². The Morgan fingerprint density at radius 1 is 1.57 bits per heavy atom. The molecule has 0 radical (unpaired) electrons. The molecule has 0 atom stereocenters. The Balaban J connectivity index is 2.72. The summed E-state index contributed by atoms with van der Waals surface area (Å²) in [7, 11) is 0. The summed E-state index contributed by atoms with van der Waals surface area (Å²) in [6, 6.07) is 1.13. The van der Waals surface area contributed by atoms with Crippen molar-refractivity contribution >= 4 is 5.97 Å². The summed E-state index contributed by atoms with van der Waals surface area (Å²) in [5, 5.41) is 18.2. The zero-order chi connectivity index (χ0) is 10.6. The summed E-state index contributed by atoms with van der Waals surface area (Å²) < 4.78 is 4.68. The molecule has 1 aromatic rings. The SMILES string of the molecule is CCOC(=O)Cc1ncc(O)cc1O. The van der Waals surface area contributed by atoms with Crippen molar-refractivity contribution in [1.82, 2.24) is 4.98 Å². The highest BCUT2D eigenvalue weighted by molar-refractivity contribution is 5.72. The molecule has 76 valence electrons. The van der Waals surface area contributed by atoms with Gasteiger partial charge in [-0.05, 0) is 6.92 Å². The van der Waals surface area contributed by atoms with Gasteiger partial charge >= 0.3 is 5.97 Å². The lowest BCUT2D eigenvalue weighted by Gasteiger charge is -2.03. The standard InChI is InChI=1S/C9H11NO4/c1-2-14-9(13)4-7-8(12)3-6(11)5-10-7/h3,5,11-12H,2,4H2,1H3. The molecule has 0 unspecified atom stereocenters. The van der Waals surface area contributed by atoms with Gasteiger partial charge in [-0.15, -0.1) is 0 Å². The van der Waals surface area contributed by atoms with Crippen molar-refractivity contribution in [2.45, 2.75) is 13.3 Å². The number of nitrogens with zero attached hydrogens (tertiary/aromatic N) is 1. The lowest BCUT2D eigenvalue weighted by molar-refractivity contribution is -0.142. The van der Waals surface area contributed by atoms with Gasteiger partial charge in [0.1, 0.15) is 11.5 Å². The number of rotatable bonds is 3. The average Bonchev–Trinajstić information content (AvgIpc) is 2.10. The van der Waals surface area contributed by atoms with E-state index in [1.807, 2.05) is 0 Å². The molecule has 0 fully saturated rings. The third-order valence-electron chi connectivity index (χ3n) is 1.55. The van der Waals surface area contributed by atoms with E-state index >= 15 is 0 Å². The third-order valence-corrected chi connectivity index (χ3v) is 1.55. The van der Waals surface area contributed by atoms with E-state index in [2.05, 4.69) is 9.72 Å². The molecule has 0 saturated heterocycles. The maximum Gasteiger partial charge on any atom is 0.312 e. The van der Waals surface area contributed by atoms with E-state index in [9.17, 15) is 9.90 Å². The number of aromatic hydroxyl groups is 2. The number of hydrogen-bond acceptors (Lipinski definition) is 5. The van der Waals surface area contributed by atoms with E-state index in [1.165, 1.54) is 0 Å². The lowest BCUT2D eigenvalue weighted by Crippen LogP contribution is -2.08. The van der Waals surface area contributed by atoms with Crippen LogP contribution in [0.4, 0.5) is 0 Å². The van der Waals surface area contributed by atoms with Gasteiger partial charge in [-0.1, -0.05) is 0 Å². The summed E-state index contributed by atoms with van der Waals surface area (Å²) in [5.41, 5.74) is 0.196. The second-order valence-electron chi connectivity index (χ2n) is 2.64. The molecule has 0 bridgehead atoms. The quantitative estimate of drug-likeness (QED) is 0.693. The largest absolute Gasteiger partial charge is 0.506 e. The highest BCUT2D eigenvalue weighted by Gasteiger charge is 2.10. The van der Waals surface area contributed by atoms with Gasteiger partial charge in [-0.2, -0.15) is 0 Å². The Kier molecular flexibility index (Phi) is 3.28. The monoisotopic (exact) mass is 197 g/mol. The second-order valence-corrected chi connectivity index (χ2v) is 2.64. The second kappa shape index (κ2) is 4.45. The maximum atomic E-state index is 11.0. The lowest BCUT2D eigenvalue weighted by atomic mass is 10.2. The molecule has 1 rings (SSSR count). The van der Waals surface area contributed by atoms with Crippen molar-refractivity contribution in [2.24, 2.45) is 0 Å². The molecule has 1 heterocycles. The van der Waals surface area contributed by atoms with Crippen molar-refractivity contribution in [3.05, 3.63) is 18.0 Å². The van der Waals surface area contributed by atoms with Crippen LogP contribution in [0.3, 0.4) is 0 Å². The molecule has 0 spiro atoms. The molecule has 0 amide bonds. The molecule has 5 nitrogen and oxygen atoms in total. The van der Waals surface area contributed by atoms with E-state index in [4.69, 9.17) is 5.11 Å². The van der Waals surface area contributed by atoms with Crippen molar-refractivity contribution in [3.8, 4) is 11.5 Å². The van der Waals surface area contributed by atoms with Gasteiger partial charge in [0.05, 0.1) is 24.9 Å². The number of pyridine rings is 1. The van der Waals surface area contributed by atoms with Crippen LogP contribution in [0, 0.1) is 0 Å². The van der Waals surface area contributed by atoms with E-state index in [1.54, 1.807) is 6.92 Å². The van der Waals surface area contributed by atoms with E-state index in [-0.39, 0.29) is 30.2 Å². The fourth-order valence-electron chi connectivity index (χ4n) is 0.956. The predicted octanol–water partition coefficient (Wildman–Crippen LogP) is 0.598. The minimum Gasteiger partial charge on any atom is -0.506 e. The summed E-state index contributed by atoms with van der Waals surface area (Å²) in [5.74, 6) is -0.811. The van der Waals surface area contributed by atoms with Gasteiger partial charge in [0.15, 0.2) is 0 Å². The first-order valence-electron chi connectivity index (χ1n) is 4.16. The maximum absolute atomic E-state index is 11.0. The van der Waals surface area contributed by atoms with Crippen LogP contribution in [0.25, 0.3) is 0 Å². The zero-order valence-electron chi connectivity index (χ0n) is 7.73. The minimum atomic E-state index is -0.457. The molecule has 0 aliphatic rings. The van der Waals surface area contributed by atoms with Crippen LogP contribution in [0.1, 0.15) is 12.6 Å². The van der Waals surface area contributed by atoms with Crippen LogP contribution in [0.5, 0.6) is 11.5 Å². The van der Waals surface area contributed by atoms with Gasteiger partial charge in [0.2, 0.25) is 0 Å². The Hall–Kier alpha value is -1.78. The topological polar surface area (TPSA) is 79.7 Å². The molecule has 1 aromatic heterocycles. The number of ether oxygens (including phenoxy) is 1. The summed E-state index contributed by atoms with van der Waals surface area (Å²) in [6.45, 7) is 1.99. The van der Waals surface area contributed by atoms with Crippen LogP contribution >= 0.6 is 0 Å². The Labute approximate surface area is 81.0 Å². The normalized spacial score (nSPS) is 9.79. The Bertz CT molecular complexity index is 338. The fourth-order valence-corrected chi connectivity index (χ4v) is 0.956. The van der Waals surface area contributed by atoms with Crippen LogP contribution in [0.2, 0.25) is 0 Å². The van der Waals surface area contributed by atoms with Crippen molar-refractivity contribution < 1.29 is 19.7 Å². The first-order chi connectivity index (χ1) is 6.63. The van der Waals surface area contributed by atoms with E-state index < -0.39 is 5.97 Å². The first-order valence-corrected chi connectivity index (χ1v) is 4.16. The van der Waals surface area contributed by atoms with Crippen molar-refractivity contribution in [1.29, 1.82) is 0 Å². The van der Waals surface area contributed by atoms with E-state index in [0.717, 1.165) is 12.3 Å². The van der Waals surface area contributed by atoms with Crippen LogP contribution < -0.4 is 0 Å². The molecule has 0 aromatic carbocycles. The van der Waals surface area contributed by atoms with Gasteiger partial charge in [0.25, 0.3) is 0 Å². The number of aromatic nitrogens is 1. The molecule has 0 aliphatic carbocycles. The summed E-state index contributed by atoms with van der Waals surface area (Å²) in [4.78, 5) is 14.7. The minimum absolute atomic E-state index is 0.0973. The Morgan fingerprint density at radius 3 is 2.86 bits per heavy atom. The number of carbonyl (C=O) groups excluding carboxylic acids is 1. The Morgan fingerprint density at radius 2 is 2.29 bits per heavy atom. The number of hydrogen-bond donors (Lipinski definition) is 2. The molecule has 5 heteroatoms. The van der Waals surface area contributed by atoms with Crippen LogP contribution in [-0.2, 0) is 16.0 Å². The predicted molar refractivity (Wildman–Crippen MR) is 47.9 cm³/mol. The van der Waals surface area contributed by atoms with Gasteiger partial charge < -0.3 is 14.9 Å². The first kappa shape index (κ1) is 10.3. The summed E-state index contributed by atoms with van der Waals surface area (Å²) in [6.07, 6.45) is 1.06. The van der Waals surface area contributed by atoms with Gasteiger partial charge in [-0.25, -0.2) is 0 Å². The molecular weight excluding hydrogens is 186 g/mol. The van der Waals surface area contributed by atoms with Gasteiger partial charge in [-0.3, -0.25) is 9.78 Å². The van der Waals surface area contributed by atoms with Crippen molar-refractivity contribution in [2.75, 3.05) is 6.61 Å². The average molecular weight is 197 g/mol. The highest BCUT2D eigenvalue weighted by atomic mass is 16.5. The van der Waals surface area contributed by atoms with Crippen molar-refractivity contribution in [3.63, 3.8) is 0 Å². The zero-order valence-corrected chi connectivity index (χ0v) is 7.73. The number of esters is 1. The molecule has 2 N–H and O–H groups in total. The smallest absolute Gasteiger partial charge is 0.312 e. The highest BCUT2D eigenvalue weighted by Crippen LogP contribution is 2.20.